The predicted molar refractivity (Wildman–Crippen MR) is 98.2 cm³/mol. The van der Waals surface area contributed by atoms with Crippen LogP contribution in [-0.2, 0) is 6.42 Å². The van der Waals surface area contributed by atoms with Crippen LogP contribution in [-0.4, -0.2) is 47.7 Å². The van der Waals surface area contributed by atoms with E-state index in [-0.39, 0.29) is 29.8 Å². The van der Waals surface area contributed by atoms with Crippen molar-refractivity contribution in [2.75, 3.05) is 0 Å². The summed E-state index contributed by atoms with van der Waals surface area (Å²) in [5, 5.41) is 20.9. The Balaban J connectivity index is 1.58. The van der Waals surface area contributed by atoms with Crippen molar-refractivity contribution in [3.8, 4) is 0 Å². The van der Waals surface area contributed by atoms with Crippen molar-refractivity contribution in [2.24, 2.45) is 5.92 Å². The van der Waals surface area contributed by atoms with Gasteiger partial charge in [-0.25, -0.2) is 4.98 Å². The lowest BCUT2D eigenvalue weighted by Gasteiger charge is -2.37. The molecule has 3 aromatic heterocycles. The maximum atomic E-state index is 12.9. The number of hydrogen-bond donors (Lipinski definition) is 2. The molecule has 1 amide bonds. The molecule has 0 saturated heterocycles. The molecule has 1 unspecified atom stereocenters. The molecule has 27 heavy (non-hydrogen) atoms. The van der Waals surface area contributed by atoms with E-state index < -0.39 is 0 Å². The normalized spacial score (nSPS) is 20.3. The number of aliphatic hydroxyl groups is 1. The summed E-state index contributed by atoms with van der Waals surface area (Å²) in [6, 6.07) is 7.50. The van der Waals surface area contributed by atoms with Crippen molar-refractivity contribution in [3.05, 3.63) is 53.4 Å². The van der Waals surface area contributed by atoms with E-state index in [0.717, 1.165) is 17.1 Å². The Morgan fingerprint density at radius 2 is 2.15 bits per heavy atom. The molecule has 3 aromatic rings. The number of nitrogens with one attached hydrogen (secondary N) is 1. The summed E-state index contributed by atoms with van der Waals surface area (Å²) in [5.74, 6) is 0.559. The SMILES string of the molecule is Cc1cc(C)n2c(C(=O)NC(Cc3ccccn3)C3CC(O)C3)nnc2n1. The molecule has 1 aliphatic rings. The van der Waals surface area contributed by atoms with Gasteiger partial charge in [0.2, 0.25) is 5.82 Å². The van der Waals surface area contributed by atoms with Gasteiger partial charge in [0.05, 0.1) is 6.10 Å². The molecule has 0 aromatic carbocycles. The van der Waals surface area contributed by atoms with Crippen LogP contribution in [0.5, 0.6) is 0 Å². The molecular weight excluding hydrogens is 344 g/mol. The van der Waals surface area contributed by atoms with Gasteiger partial charge in [0.25, 0.3) is 11.7 Å². The van der Waals surface area contributed by atoms with Gasteiger partial charge in [0.15, 0.2) is 0 Å². The summed E-state index contributed by atoms with van der Waals surface area (Å²) in [6.07, 6.45) is 3.42. The highest BCUT2D eigenvalue weighted by atomic mass is 16.3. The molecule has 1 atom stereocenters. The summed E-state index contributed by atoms with van der Waals surface area (Å²) < 4.78 is 1.66. The first kappa shape index (κ1) is 17.5. The van der Waals surface area contributed by atoms with Crippen LogP contribution in [0.3, 0.4) is 0 Å². The lowest BCUT2D eigenvalue weighted by Crippen LogP contribution is -2.48. The Kier molecular flexibility index (Phi) is 4.57. The third kappa shape index (κ3) is 3.52. The van der Waals surface area contributed by atoms with Crippen LogP contribution in [0.25, 0.3) is 5.78 Å². The van der Waals surface area contributed by atoms with Gasteiger partial charge in [0, 0.05) is 35.7 Å². The van der Waals surface area contributed by atoms with Gasteiger partial charge in [-0.2, -0.15) is 0 Å². The Labute approximate surface area is 156 Å². The number of aliphatic hydroxyl groups excluding tert-OH is 1. The number of aryl methyl sites for hydroxylation is 2. The standard InChI is InChI=1S/C19H22N6O2/c1-11-7-12(2)25-17(23-24-19(25)21-11)18(27)22-16(13-8-15(26)9-13)10-14-5-3-4-6-20-14/h3-7,13,15-16,26H,8-10H2,1-2H3,(H,22,27). The van der Waals surface area contributed by atoms with Crippen LogP contribution in [0.2, 0.25) is 0 Å². The molecule has 2 N–H and O–H groups in total. The van der Waals surface area contributed by atoms with E-state index >= 15 is 0 Å². The molecule has 4 rings (SSSR count). The van der Waals surface area contributed by atoms with Gasteiger partial charge in [-0.15, -0.1) is 10.2 Å². The second-order valence-corrected chi connectivity index (χ2v) is 7.19. The molecule has 8 nitrogen and oxygen atoms in total. The minimum Gasteiger partial charge on any atom is -0.393 e. The number of rotatable bonds is 5. The van der Waals surface area contributed by atoms with Crippen LogP contribution in [0.1, 0.15) is 40.5 Å². The zero-order valence-electron chi connectivity index (χ0n) is 15.3. The number of carbonyl (C=O) groups is 1. The quantitative estimate of drug-likeness (QED) is 0.704. The second-order valence-electron chi connectivity index (χ2n) is 7.19. The van der Waals surface area contributed by atoms with Crippen LogP contribution >= 0.6 is 0 Å². The van der Waals surface area contributed by atoms with E-state index in [0.29, 0.717) is 25.0 Å². The summed E-state index contributed by atoms with van der Waals surface area (Å²) in [7, 11) is 0. The van der Waals surface area contributed by atoms with Gasteiger partial charge in [-0.1, -0.05) is 6.07 Å². The van der Waals surface area contributed by atoms with Crippen LogP contribution in [0.15, 0.2) is 30.5 Å². The number of pyridine rings is 1. The van der Waals surface area contributed by atoms with Crippen molar-refractivity contribution in [1.29, 1.82) is 0 Å². The molecule has 1 aliphatic carbocycles. The van der Waals surface area contributed by atoms with Gasteiger partial charge in [0.1, 0.15) is 0 Å². The van der Waals surface area contributed by atoms with E-state index in [2.05, 4.69) is 25.5 Å². The smallest absolute Gasteiger partial charge is 0.289 e. The number of fused-ring (bicyclic) bond motifs is 1. The molecule has 3 heterocycles. The number of amides is 1. The Bertz CT molecular complexity index is 965. The number of nitrogens with zero attached hydrogens (tertiary/aromatic N) is 5. The summed E-state index contributed by atoms with van der Waals surface area (Å²) in [4.78, 5) is 21.6. The molecule has 1 saturated carbocycles. The van der Waals surface area contributed by atoms with Crippen LogP contribution in [0.4, 0.5) is 0 Å². The van der Waals surface area contributed by atoms with E-state index in [1.54, 1.807) is 10.6 Å². The van der Waals surface area contributed by atoms with Crippen molar-refractivity contribution >= 4 is 11.7 Å². The Morgan fingerprint density at radius 3 is 2.85 bits per heavy atom. The number of hydrogen-bond acceptors (Lipinski definition) is 6. The molecule has 0 spiro atoms. The lowest BCUT2D eigenvalue weighted by molar-refractivity contribution is 0.0236. The molecule has 0 radical (unpaired) electrons. The summed E-state index contributed by atoms with van der Waals surface area (Å²) in [5.41, 5.74) is 2.59. The van der Waals surface area contributed by atoms with E-state index in [1.165, 1.54) is 0 Å². The van der Waals surface area contributed by atoms with E-state index in [1.807, 2.05) is 38.1 Å². The first-order chi connectivity index (χ1) is 13.0. The highest BCUT2D eigenvalue weighted by Crippen LogP contribution is 2.31. The Morgan fingerprint density at radius 1 is 1.33 bits per heavy atom. The highest BCUT2D eigenvalue weighted by Gasteiger charge is 2.35. The minimum absolute atomic E-state index is 0.123. The fraction of sp³-hybridized carbons (Fsp3) is 0.421. The maximum Gasteiger partial charge on any atom is 0.289 e. The average molecular weight is 366 g/mol. The molecular formula is C19H22N6O2. The summed E-state index contributed by atoms with van der Waals surface area (Å²) in [6.45, 7) is 3.78. The maximum absolute atomic E-state index is 12.9. The highest BCUT2D eigenvalue weighted by molar-refractivity contribution is 5.91. The zero-order valence-corrected chi connectivity index (χ0v) is 15.3. The number of carbonyl (C=O) groups excluding carboxylic acids is 1. The van der Waals surface area contributed by atoms with Gasteiger partial charge in [-0.3, -0.25) is 14.2 Å². The molecule has 8 heteroatoms. The fourth-order valence-corrected chi connectivity index (χ4v) is 3.65. The Hall–Kier alpha value is -2.87. The third-order valence-corrected chi connectivity index (χ3v) is 5.09. The lowest BCUT2D eigenvalue weighted by atomic mass is 9.76. The first-order valence-corrected chi connectivity index (χ1v) is 9.09. The monoisotopic (exact) mass is 366 g/mol. The first-order valence-electron chi connectivity index (χ1n) is 9.09. The van der Waals surface area contributed by atoms with Crippen molar-refractivity contribution < 1.29 is 9.90 Å². The van der Waals surface area contributed by atoms with Crippen molar-refractivity contribution in [3.63, 3.8) is 0 Å². The third-order valence-electron chi connectivity index (χ3n) is 5.09. The van der Waals surface area contributed by atoms with Crippen molar-refractivity contribution in [1.82, 2.24) is 29.9 Å². The second kappa shape index (κ2) is 7.03. The number of aromatic nitrogens is 5. The van der Waals surface area contributed by atoms with Gasteiger partial charge >= 0.3 is 0 Å². The average Bonchev–Trinajstić information content (AvgIpc) is 3.03. The molecule has 0 bridgehead atoms. The fourth-order valence-electron chi connectivity index (χ4n) is 3.65. The van der Waals surface area contributed by atoms with E-state index in [4.69, 9.17) is 0 Å². The van der Waals surface area contributed by atoms with Crippen LogP contribution in [0, 0.1) is 19.8 Å². The molecule has 0 aliphatic heterocycles. The minimum atomic E-state index is -0.293. The van der Waals surface area contributed by atoms with Crippen LogP contribution < -0.4 is 5.32 Å². The predicted octanol–water partition coefficient (Wildman–Crippen LogP) is 1.25. The van der Waals surface area contributed by atoms with Gasteiger partial charge < -0.3 is 10.4 Å². The molecule has 1 fully saturated rings. The topological polar surface area (TPSA) is 105 Å². The molecule has 140 valence electrons. The largest absolute Gasteiger partial charge is 0.393 e. The summed E-state index contributed by atoms with van der Waals surface area (Å²) >= 11 is 0. The zero-order chi connectivity index (χ0) is 19.0. The van der Waals surface area contributed by atoms with E-state index in [9.17, 15) is 9.90 Å². The van der Waals surface area contributed by atoms with Crippen molar-refractivity contribution in [2.45, 2.75) is 45.3 Å². The van der Waals surface area contributed by atoms with Gasteiger partial charge in [-0.05, 0) is 50.8 Å².